The number of aliphatic hydroxyl groups excluding tert-OH is 6. The van der Waals surface area contributed by atoms with Crippen molar-refractivity contribution in [2.75, 3.05) is 158 Å². The minimum Gasteiger partial charge on any atom is -0.507 e. The Labute approximate surface area is 387 Å². The van der Waals surface area contributed by atoms with Crippen LogP contribution in [0, 0.1) is 0 Å². The number of phenolic OH excluding ortho intramolecular Hbond substituents is 1. The molecule has 378 valence electrons. The first-order valence-electron chi connectivity index (χ1n) is 21.3. The van der Waals surface area contributed by atoms with Crippen molar-refractivity contribution in [3.05, 3.63) is 45.5 Å². The molecule has 0 aliphatic heterocycles. The van der Waals surface area contributed by atoms with E-state index in [0.717, 1.165) is 18.2 Å². The Balaban J connectivity index is 4.18. The Morgan fingerprint density at radius 2 is 0.567 bits per heavy atom. The summed E-state index contributed by atoms with van der Waals surface area (Å²) >= 11 is 0. The summed E-state index contributed by atoms with van der Waals surface area (Å²) in [5, 5.41) is 81.1. The lowest BCUT2D eigenvalue weighted by Gasteiger charge is -2.14. The third-order valence-corrected chi connectivity index (χ3v) is 8.18. The molecule has 0 aliphatic rings. The molecular formula is C42H66N6O19. The molecule has 25 nitrogen and oxygen atoms in total. The monoisotopic (exact) mass is 958 g/mol. The molecule has 1 aromatic rings. The van der Waals surface area contributed by atoms with E-state index in [9.17, 15) is 33.9 Å². The van der Waals surface area contributed by atoms with Gasteiger partial charge in [0, 0.05) is 50.4 Å². The molecule has 6 amide bonds. The number of amides is 6. The standard InChI is InChI=1S/C42H66N6O19/c49-7-19-62-13-1-43-37(56)33(38(57)44-2-14-63-20-8-50)27-30-25-31(28-34(39(58)45-3-15-64-21-9-51)40(59)46-4-16-65-22-10-52)36(55)32(26-30)29-35(41(60)47-5-17-66-23-11-53)42(61)48-6-18-67-24-12-54/h25-29,49-55H,1-24H2,(H,43,56)(H,44,57)(H,45,58)(H,46,59)(H,47,60)(H,48,61). The highest BCUT2D eigenvalue weighted by atomic mass is 16.5. The molecule has 0 atom stereocenters. The minimum atomic E-state index is -0.962. The van der Waals surface area contributed by atoms with E-state index < -0.39 is 57.9 Å². The van der Waals surface area contributed by atoms with Gasteiger partial charge in [-0.3, -0.25) is 28.8 Å². The maximum atomic E-state index is 13.6. The first kappa shape index (κ1) is 59.6. The van der Waals surface area contributed by atoms with Crippen LogP contribution in [-0.4, -0.2) is 229 Å². The third-order valence-electron chi connectivity index (χ3n) is 8.18. The number of benzene rings is 1. The lowest BCUT2D eigenvalue weighted by Crippen LogP contribution is -2.37. The fourth-order valence-corrected chi connectivity index (χ4v) is 5.18. The second-order valence-electron chi connectivity index (χ2n) is 13.3. The van der Waals surface area contributed by atoms with E-state index in [4.69, 9.17) is 59.1 Å². The zero-order valence-electron chi connectivity index (χ0n) is 37.4. The predicted molar refractivity (Wildman–Crippen MR) is 238 cm³/mol. The summed E-state index contributed by atoms with van der Waals surface area (Å²) in [6.45, 7) is -2.87. The molecule has 0 fully saturated rings. The van der Waals surface area contributed by atoms with Crippen LogP contribution in [0.1, 0.15) is 16.7 Å². The van der Waals surface area contributed by atoms with Crippen LogP contribution in [-0.2, 0) is 57.2 Å². The van der Waals surface area contributed by atoms with E-state index in [0.29, 0.717) is 0 Å². The summed E-state index contributed by atoms with van der Waals surface area (Å²) < 4.78 is 31.1. The average Bonchev–Trinajstić information content (AvgIpc) is 3.31. The summed E-state index contributed by atoms with van der Waals surface area (Å²) in [4.78, 5) is 81.5. The van der Waals surface area contributed by atoms with Crippen LogP contribution in [0.5, 0.6) is 5.75 Å². The third kappa shape index (κ3) is 26.5. The molecule has 1 aromatic carbocycles. The largest absolute Gasteiger partial charge is 0.507 e. The molecule has 0 bridgehead atoms. The number of aliphatic hydroxyl groups is 6. The molecule has 0 heterocycles. The van der Waals surface area contributed by atoms with Crippen LogP contribution < -0.4 is 31.9 Å². The summed E-state index contributed by atoms with van der Waals surface area (Å²) in [7, 11) is 0. The summed E-state index contributed by atoms with van der Waals surface area (Å²) in [6.07, 6.45) is 3.05. The lowest BCUT2D eigenvalue weighted by atomic mass is 9.97. The SMILES string of the molecule is O=C(NCCOCCO)C(=Cc1cc(C=C(C(=O)NCCOCCO)C(=O)NCCOCCO)c(O)c(C=C(C(=O)NCCOCCO)C(=O)NCCOCCO)c1)C(=O)NCCOCCO. The van der Waals surface area contributed by atoms with E-state index in [-0.39, 0.29) is 175 Å². The summed E-state index contributed by atoms with van der Waals surface area (Å²) in [6, 6.07) is 2.40. The van der Waals surface area contributed by atoms with Gasteiger partial charge in [0.25, 0.3) is 35.4 Å². The number of carbonyl (C=O) groups excluding carboxylic acids is 6. The highest BCUT2D eigenvalue weighted by Crippen LogP contribution is 2.30. The van der Waals surface area contributed by atoms with Crippen LogP contribution in [0.2, 0.25) is 0 Å². The van der Waals surface area contributed by atoms with Crippen LogP contribution in [0.15, 0.2) is 28.9 Å². The van der Waals surface area contributed by atoms with E-state index in [1.165, 1.54) is 12.1 Å². The fourth-order valence-electron chi connectivity index (χ4n) is 5.18. The molecule has 0 saturated heterocycles. The average molecular weight is 959 g/mol. The Morgan fingerprint density at radius 1 is 0.358 bits per heavy atom. The zero-order valence-corrected chi connectivity index (χ0v) is 37.4. The summed E-state index contributed by atoms with van der Waals surface area (Å²) in [5.41, 5.74) is -2.31. The smallest absolute Gasteiger partial charge is 0.256 e. The second kappa shape index (κ2) is 38.7. The number of ether oxygens (including phenoxy) is 6. The molecule has 13 N–H and O–H groups in total. The number of phenols is 1. The first-order chi connectivity index (χ1) is 32.5. The van der Waals surface area contributed by atoms with Gasteiger partial charge in [0.1, 0.15) is 22.5 Å². The predicted octanol–water partition coefficient (Wildman–Crippen LogP) is -5.71. The zero-order chi connectivity index (χ0) is 49.5. The van der Waals surface area contributed by atoms with Crippen molar-refractivity contribution >= 4 is 53.7 Å². The molecule has 0 aromatic heterocycles. The molecule has 25 heteroatoms. The van der Waals surface area contributed by atoms with Crippen molar-refractivity contribution in [2.45, 2.75) is 0 Å². The van der Waals surface area contributed by atoms with Gasteiger partial charge in [0.15, 0.2) is 0 Å². The van der Waals surface area contributed by atoms with Crippen molar-refractivity contribution in [1.82, 2.24) is 31.9 Å². The molecule has 0 saturated carbocycles. The van der Waals surface area contributed by atoms with Gasteiger partial charge in [0.2, 0.25) is 0 Å². The van der Waals surface area contributed by atoms with Crippen LogP contribution in [0.4, 0.5) is 0 Å². The number of carbonyl (C=O) groups is 6. The fraction of sp³-hybridized carbons (Fsp3) is 0.571. The van der Waals surface area contributed by atoms with E-state index in [1.54, 1.807) is 0 Å². The van der Waals surface area contributed by atoms with Gasteiger partial charge in [-0.2, -0.15) is 0 Å². The van der Waals surface area contributed by atoms with Crippen LogP contribution in [0.3, 0.4) is 0 Å². The van der Waals surface area contributed by atoms with Gasteiger partial charge >= 0.3 is 0 Å². The van der Waals surface area contributed by atoms with Gasteiger partial charge < -0.3 is 96.1 Å². The van der Waals surface area contributed by atoms with Crippen molar-refractivity contribution in [2.24, 2.45) is 0 Å². The van der Waals surface area contributed by atoms with Crippen molar-refractivity contribution in [3.8, 4) is 5.75 Å². The first-order valence-corrected chi connectivity index (χ1v) is 21.3. The van der Waals surface area contributed by atoms with Crippen molar-refractivity contribution in [1.29, 1.82) is 0 Å². The van der Waals surface area contributed by atoms with Gasteiger partial charge in [-0.15, -0.1) is 0 Å². The maximum Gasteiger partial charge on any atom is 0.256 e. The number of nitrogens with one attached hydrogen (secondary N) is 6. The molecule has 1 rings (SSSR count). The van der Waals surface area contributed by atoms with E-state index >= 15 is 0 Å². The summed E-state index contributed by atoms with van der Waals surface area (Å²) in [5.74, 6) is -6.37. The quantitative estimate of drug-likeness (QED) is 0.0127. The number of aromatic hydroxyl groups is 1. The molecule has 0 aliphatic carbocycles. The van der Waals surface area contributed by atoms with Crippen molar-refractivity contribution in [3.63, 3.8) is 0 Å². The molecule has 0 unspecified atom stereocenters. The lowest BCUT2D eigenvalue weighted by molar-refractivity contribution is -0.125. The molecule has 0 spiro atoms. The van der Waals surface area contributed by atoms with Gasteiger partial charge in [-0.05, 0) is 35.9 Å². The second-order valence-corrected chi connectivity index (χ2v) is 13.3. The van der Waals surface area contributed by atoms with Crippen LogP contribution in [0.25, 0.3) is 18.2 Å². The van der Waals surface area contributed by atoms with Crippen LogP contribution >= 0.6 is 0 Å². The Hall–Kier alpha value is -5.42. The highest BCUT2D eigenvalue weighted by molar-refractivity contribution is 6.24. The maximum absolute atomic E-state index is 13.6. The molecular weight excluding hydrogens is 892 g/mol. The minimum absolute atomic E-state index is 0.0208. The Morgan fingerprint density at radius 3 is 0.776 bits per heavy atom. The van der Waals surface area contributed by atoms with Gasteiger partial charge in [-0.1, -0.05) is 0 Å². The van der Waals surface area contributed by atoms with E-state index in [2.05, 4.69) is 31.9 Å². The number of rotatable bonds is 39. The van der Waals surface area contributed by atoms with Gasteiger partial charge in [-0.25, -0.2) is 0 Å². The normalized spacial score (nSPS) is 10.7. The van der Waals surface area contributed by atoms with Crippen molar-refractivity contribution < 1.29 is 92.9 Å². The molecule has 67 heavy (non-hydrogen) atoms. The van der Waals surface area contributed by atoms with E-state index in [1.807, 2.05) is 0 Å². The Kier molecular flexibility index (Phi) is 34.4. The molecule has 0 radical (unpaired) electrons. The topological polar surface area (TPSA) is 372 Å². The Bertz CT molecular complexity index is 1570. The number of hydrogen-bond donors (Lipinski definition) is 13. The van der Waals surface area contributed by atoms with Gasteiger partial charge in [0.05, 0.1) is 119 Å². The highest BCUT2D eigenvalue weighted by Gasteiger charge is 2.24. The number of hydrogen-bond acceptors (Lipinski definition) is 19.